The molecule has 0 radical (unpaired) electrons. The van der Waals surface area contributed by atoms with Crippen molar-refractivity contribution in [2.45, 2.75) is 13.3 Å². The van der Waals surface area contributed by atoms with E-state index in [4.69, 9.17) is 17.0 Å². The highest BCUT2D eigenvalue weighted by atomic mass is 35.5. The summed E-state index contributed by atoms with van der Waals surface area (Å²) in [6, 6.07) is 0. The Kier molecular flexibility index (Phi) is 4.61. The minimum Gasteiger partial charge on any atom is -0.290 e. The lowest BCUT2D eigenvalue weighted by atomic mass is 10.3. The summed E-state index contributed by atoms with van der Waals surface area (Å²) in [4.78, 5) is 3.11. The van der Waals surface area contributed by atoms with Crippen molar-refractivity contribution in [1.82, 2.24) is 0 Å². The van der Waals surface area contributed by atoms with Crippen LogP contribution in [-0.4, -0.2) is 18.5 Å². The van der Waals surface area contributed by atoms with Crippen molar-refractivity contribution in [3.05, 3.63) is 11.1 Å². The number of hydrogen-bond acceptors (Lipinski definition) is 1. The third-order valence-corrected chi connectivity index (χ3v) is 0.893. The summed E-state index contributed by atoms with van der Waals surface area (Å²) in [6.45, 7) is 1.46. The molecular weight excluding hydrogens is 174 g/mol. The average molecular weight is 181 g/mol. The van der Waals surface area contributed by atoms with E-state index in [0.717, 1.165) is 6.08 Å². The van der Waals surface area contributed by atoms with Gasteiger partial charge in [-0.15, -0.1) is 0 Å². The molecule has 0 amide bonds. The van der Waals surface area contributed by atoms with Gasteiger partial charge in [0, 0.05) is 5.03 Å². The largest absolute Gasteiger partial charge is 0.290 e. The fourth-order valence-electron chi connectivity index (χ4n) is 0.435. The average Bonchev–Trinajstić information content (AvgIpc) is 1.86. The molecule has 1 N–H and O–H groups in total. The molecule has 0 aliphatic rings. The number of alkyl halides is 2. The Morgan fingerprint density at radius 2 is 2.18 bits per heavy atom. The van der Waals surface area contributed by atoms with Gasteiger partial charge in [0.1, 0.15) is 12.1 Å². The molecule has 62 valence electrons. The molecular formula is C6H7ClF2N2. The van der Waals surface area contributed by atoms with Crippen LogP contribution in [-0.2, 0) is 0 Å². The lowest BCUT2D eigenvalue weighted by Crippen LogP contribution is -2.07. The second kappa shape index (κ2) is 4.96. The highest BCUT2D eigenvalue weighted by Gasteiger charge is 2.08. The first kappa shape index (κ1) is 10.2. The van der Waals surface area contributed by atoms with Crippen LogP contribution in [0.5, 0.6) is 0 Å². The highest BCUT2D eigenvalue weighted by molar-refractivity contribution is 6.31. The Balaban J connectivity index is 4.49. The van der Waals surface area contributed by atoms with Gasteiger partial charge in [0.2, 0.25) is 0 Å². The molecule has 0 rings (SSSR count). The monoisotopic (exact) mass is 180 g/mol. The molecule has 5 heteroatoms. The van der Waals surface area contributed by atoms with Crippen molar-refractivity contribution in [2.75, 3.05) is 0 Å². The zero-order valence-electron chi connectivity index (χ0n) is 5.81. The predicted molar refractivity (Wildman–Crippen MR) is 41.8 cm³/mol. The first-order valence-electron chi connectivity index (χ1n) is 2.76. The normalized spacial score (nSPS) is 13.9. The Morgan fingerprint density at radius 1 is 1.64 bits per heavy atom. The van der Waals surface area contributed by atoms with Crippen molar-refractivity contribution in [1.29, 1.82) is 5.41 Å². The molecule has 0 aromatic heterocycles. The van der Waals surface area contributed by atoms with Gasteiger partial charge in [-0.1, -0.05) is 11.6 Å². The van der Waals surface area contributed by atoms with E-state index in [1.165, 1.54) is 6.92 Å². The third kappa shape index (κ3) is 4.61. The molecule has 0 bridgehead atoms. The summed E-state index contributed by atoms with van der Waals surface area (Å²) >= 11 is 5.32. The Morgan fingerprint density at radius 3 is 2.45 bits per heavy atom. The molecule has 0 aliphatic heterocycles. The number of hydrogen-bond donors (Lipinski definition) is 1. The zero-order chi connectivity index (χ0) is 8.85. The van der Waals surface area contributed by atoms with Crippen LogP contribution in [0.3, 0.4) is 0 Å². The Bertz CT molecular complexity index is 195. The lowest BCUT2D eigenvalue weighted by molar-refractivity contribution is 0.227. The van der Waals surface area contributed by atoms with Gasteiger partial charge in [-0.05, 0) is 13.0 Å². The van der Waals surface area contributed by atoms with Crippen molar-refractivity contribution < 1.29 is 8.78 Å². The highest BCUT2D eigenvalue weighted by Crippen LogP contribution is 2.04. The number of nitrogens with zero attached hydrogens (tertiary/aromatic N) is 1. The molecule has 0 saturated carbocycles. The maximum absolute atomic E-state index is 11.9. The molecule has 11 heavy (non-hydrogen) atoms. The molecule has 2 nitrogen and oxygen atoms in total. The van der Waals surface area contributed by atoms with Crippen LogP contribution < -0.4 is 0 Å². The van der Waals surface area contributed by atoms with Crippen LogP contribution in [0.1, 0.15) is 6.92 Å². The smallest absolute Gasteiger partial charge is 0.280 e. The van der Waals surface area contributed by atoms with Crippen LogP contribution in [0, 0.1) is 5.41 Å². The quantitative estimate of drug-likeness (QED) is 0.512. The first-order valence-corrected chi connectivity index (χ1v) is 3.14. The van der Waals surface area contributed by atoms with Crippen molar-refractivity contribution in [3.8, 4) is 0 Å². The summed E-state index contributed by atoms with van der Waals surface area (Å²) in [6.07, 6.45) is -1.11. The molecule has 0 atom stereocenters. The predicted octanol–water partition coefficient (Wildman–Crippen LogP) is 2.44. The van der Waals surface area contributed by atoms with Crippen molar-refractivity contribution >= 4 is 23.7 Å². The molecule has 0 spiro atoms. The maximum atomic E-state index is 11.9. The fourth-order valence-corrected chi connectivity index (χ4v) is 0.547. The fraction of sp³-hybridized carbons (Fsp3) is 0.333. The van der Waals surface area contributed by atoms with E-state index in [-0.39, 0.29) is 5.03 Å². The SMILES string of the molecule is C/C(Cl)=C\C(=NC=N)C(F)F. The van der Waals surface area contributed by atoms with E-state index in [9.17, 15) is 8.78 Å². The van der Waals surface area contributed by atoms with Crippen LogP contribution >= 0.6 is 11.6 Å². The number of rotatable bonds is 3. The lowest BCUT2D eigenvalue weighted by Gasteiger charge is -1.96. The number of allylic oxidation sites excluding steroid dienone is 2. The number of aliphatic imine (C=N–C) groups is 1. The summed E-state index contributed by atoms with van der Waals surface area (Å²) in [7, 11) is 0. The second-order valence-electron chi connectivity index (χ2n) is 1.71. The van der Waals surface area contributed by atoms with Crippen LogP contribution in [0.2, 0.25) is 0 Å². The Hall–Kier alpha value is -0.770. The van der Waals surface area contributed by atoms with Gasteiger partial charge in [0.25, 0.3) is 6.43 Å². The van der Waals surface area contributed by atoms with E-state index >= 15 is 0 Å². The summed E-state index contributed by atoms with van der Waals surface area (Å²) in [5.74, 6) is 0. The van der Waals surface area contributed by atoms with Gasteiger partial charge in [-0.2, -0.15) is 0 Å². The van der Waals surface area contributed by atoms with Crippen molar-refractivity contribution in [2.24, 2.45) is 4.99 Å². The summed E-state index contributed by atoms with van der Waals surface area (Å²) in [5, 5.41) is 6.67. The van der Waals surface area contributed by atoms with E-state index in [1.807, 2.05) is 0 Å². The minimum absolute atomic E-state index is 0.214. The van der Waals surface area contributed by atoms with Gasteiger partial charge < -0.3 is 0 Å². The maximum Gasteiger partial charge on any atom is 0.280 e. The van der Waals surface area contributed by atoms with E-state index in [0.29, 0.717) is 6.34 Å². The topological polar surface area (TPSA) is 36.2 Å². The van der Waals surface area contributed by atoms with E-state index in [1.54, 1.807) is 0 Å². The van der Waals surface area contributed by atoms with Gasteiger partial charge >= 0.3 is 0 Å². The first-order chi connectivity index (χ1) is 5.07. The van der Waals surface area contributed by atoms with Crippen LogP contribution in [0.15, 0.2) is 16.1 Å². The second-order valence-corrected chi connectivity index (χ2v) is 2.31. The summed E-state index contributed by atoms with van der Waals surface area (Å²) in [5.41, 5.74) is -0.493. The molecule has 0 fully saturated rings. The molecule has 0 aromatic carbocycles. The van der Waals surface area contributed by atoms with Gasteiger partial charge in [-0.25, -0.2) is 13.8 Å². The Labute approximate surface area is 68.1 Å². The molecule has 0 heterocycles. The summed E-state index contributed by atoms with van der Waals surface area (Å²) < 4.78 is 23.8. The molecule has 0 unspecified atom stereocenters. The minimum atomic E-state index is -2.69. The van der Waals surface area contributed by atoms with E-state index < -0.39 is 12.1 Å². The van der Waals surface area contributed by atoms with Crippen molar-refractivity contribution in [3.63, 3.8) is 0 Å². The van der Waals surface area contributed by atoms with Crippen LogP contribution in [0.25, 0.3) is 0 Å². The van der Waals surface area contributed by atoms with Gasteiger partial charge in [0.15, 0.2) is 0 Å². The van der Waals surface area contributed by atoms with Gasteiger partial charge in [-0.3, -0.25) is 5.41 Å². The molecule has 0 aliphatic carbocycles. The number of nitrogens with one attached hydrogen (secondary N) is 1. The van der Waals surface area contributed by atoms with Gasteiger partial charge in [0.05, 0.1) is 0 Å². The van der Waals surface area contributed by atoms with E-state index in [2.05, 4.69) is 4.99 Å². The molecule has 0 saturated heterocycles. The van der Waals surface area contributed by atoms with Crippen LogP contribution in [0.4, 0.5) is 8.78 Å². The molecule has 0 aromatic rings. The standard InChI is InChI=1S/C6H7ClF2N2/c1-4(7)2-5(6(8)9)11-3-10/h2-3,6,10H,1H3/b4-2+,10-3?,11-5?. The zero-order valence-corrected chi connectivity index (χ0v) is 6.57. The number of halogens is 3. The third-order valence-electron chi connectivity index (χ3n) is 0.784.